The van der Waals surface area contributed by atoms with Gasteiger partial charge in [0.2, 0.25) is 5.88 Å². The number of carbonyl (C=O) groups is 1. The summed E-state index contributed by atoms with van der Waals surface area (Å²) in [5.41, 5.74) is -0.643. The fraction of sp³-hybridized carbons (Fsp3) is 0.400. The van der Waals surface area contributed by atoms with Gasteiger partial charge in [0.05, 0.1) is 5.56 Å². The molecule has 0 spiro atoms. The maximum absolute atomic E-state index is 13.2. The predicted molar refractivity (Wildman–Crippen MR) is 107 cm³/mol. The molecule has 4 rings (SSSR count). The first-order valence-electron chi connectivity index (χ1n) is 9.50. The summed E-state index contributed by atoms with van der Waals surface area (Å²) in [5.74, 6) is -1.15. The second-order valence-corrected chi connectivity index (χ2v) is 8.61. The molecule has 3 aromatic heterocycles. The van der Waals surface area contributed by atoms with Gasteiger partial charge in [-0.15, -0.1) is 0 Å². The van der Waals surface area contributed by atoms with E-state index in [1.165, 1.54) is 10.8 Å². The van der Waals surface area contributed by atoms with Crippen molar-refractivity contribution in [1.29, 1.82) is 0 Å². The number of hydrogen-bond acceptors (Lipinski definition) is 5. The molecule has 29 heavy (non-hydrogen) atoms. The summed E-state index contributed by atoms with van der Waals surface area (Å²) < 4.78 is 2.58. The predicted octanol–water partition coefficient (Wildman–Crippen LogP) is 1.50. The molecule has 3 aromatic rings. The third kappa shape index (κ3) is 3.55. The summed E-state index contributed by atoms with van der Waals surface area (Å²) in [5, 5.41) is 17.8. The number of H-pyrrole nitrogens is 1. The average molecular weight is 397 g/mol. The largest absolute Gasteiger partial charge is 0.492 e. The molecule has 1 fully saturated rings. The van der Waals surface area contributed by atoms with E-state index in [4.69, 9.17) is 0 Å². The highest BCUT2D eigenvalue weighted by Gasteiger charge is 2.30. The van der Waals surface area contributed by atoms with E-state index in [0.717, 1.165) is 17.4 Å². The van der Waals surface area contributed by atoms with Crippen LogP contribution < -0.4 is 16.4 Å². The number of amides is 1. The summed E-state index contributed by atoms with van der Waals surface area (Å²) in [6, 6.07) is 4.87. The third-order valence-electron chi connectivity index (χ3n) is 4.72. The molecule has 0 radical (unpaired) electrons. The van der Waals surface area contributed by atoms with E-state index < -0.39 is 17.3 Å². The standard InChI is InChI=1S/C20H23N5O4/c1-20(2,3)10-24-14-9-13(12-5-4-8-21-16(12)26)23-25(14)19(29)15(18(24)28)17(27)22-11-6-7-11/h4-5,8-9,11,29H,6-7,10H2,1-3H3,(H,21,26)(H,22,27). The molecule has 0 bridgehead atoms. The van der Waals surface area contributed by atoms with Crippen LogP contribution in [0.25, 0.3) is 16.9 Å². The van der Waals surface area contributed by atoms with Crippen LogP contribution in [0.15, 0.2) is 34.0 Å². The fourth-order valence-corrected chi connectivity index (χ4v) is 3.23. The van der Waals surface area contributed by atoms with E-state index in [0.29, 0.717) is 23.4 Å². The molecule has 0 unspecified atom stereocenters. The number of pyridine rings is 1. The van der Waals surface area contributed by atoms with Crippen LogP contribution in [0.4, 0.5) is 0 Å². The van der Waals surface area contributed by atoms with Crippen LogP contribution in [0.1, 0.15) is 44.0 Å². The summed E-state index contributed by atoms with van der Waals surface area (Å²) in [6.45, 7) is 6.19. The lowest BCUT2D eigenvalue weighted by Gasteiger charge is -2.21. The minimum absolute atomic E-state index is 0.0316. The smallest absolute Gasteiger partial charge is 0.270 e. The van der Waals surface area contributed by atoms with Gasteiger partial charge in [-0.05, 0) is 30.4 Å². The molecule has 1 saturated carbocycles. The van der Waals surface area contributed by atoms with Crippen molar-refractivity contribution < 1.29 is 9.90 Å². The number of rotatable bonds is 4. The maximum Gasteiger partial charge on any atom is 0.270 e. The molecular weight excluding hydrogens is 374 g/mol. The zero-order valence-corrected chi connectivity index (χ0v) is 16.5. The number of nitrogens with zero attached hydrogens (tertiary/aromatic N) is 3. The Balaban J connectivity index is 1.98. The van der Waals surface area contributed by atoms with Gasteiger partial charge < -0.3 is 15.4 Å². The second kappa shape index (κ2) is 6.61. The molecule has 3 N–H and O–H groups in total. The Hall–Kier alpha value is -3.36. The van der Waals surface area contributed by atoms with E-state index in [1.54, 1.807) is 18.2 Å². The molecule has 3 heterocycles. The number of fused-ring (bicyclic) bond motifs is 1. The average Bonchev–Trinajstić information content (AvgIpc) is 3.33. The first-order chi connectivity index (χ1) is 13.7. The van der Waals surface area contributed by atoms with Gasteiger partial charge >= 0.3 is 0 Å². The number of nitrogens with one attached hydrogen (secondary N) is 2. The molecule has 1 aliphatic carbocycles. The first kappa shape index (κ1) is 19.0. The van der Waals surface area contributed by atoms with Crippen molar-refractivity contribution >= 4 is 11.6 Å². The Morgan fingerprint density at radius 3 is 2.69 bits per heavy atom. The Bertz CT molecular complexity index is 1220. The van der Waals surface area contributed by atoms with Crippen molar-refractivity contribution in [3.8, 4) is 17.1 Å². The van der Waals surface area contributed by atoms with Crippen molar-refractivity contribution in [2.24, 2.45) is 5.41 Å². The monoisotopic (exact) mass is 397 g/mol. The Labute approximate surface area is 166 Å². The van der Waals surface area contributed by atoms with Crippen LogP contribution in [-0.4, -0.2) is 36.2 Å². The van der Waals surface area contributed by atoms with E-state index in [-0.39, 0.29) is 22.6 Å². The number of carbonyl (C=O) groups excluding carboxylic acids is 1. The van der Waals surface area contributed by atoms with Crippen LogP contribution in [0.3, 0.4) is 0 Å². The van der Waals surface area contributed by atoms with Gasteiger partial charge in [-0.25, -0.2) is 0 Å². The third-order valence-corrected chi connectivity index (χ3v) is 4.72. The minimum atomic E-state index is -0.617. The molecular formula is C20H23N5O4. The lowest BCUT2D eigenvalue weighted by Crippen LogP contribution is -2.37. The lowest BCUT2D eigenvalue weighted by atomic mass is 9.97. The van der Waals surface area contributed by atoms with Gasteiger partial charge in [-0.2, -0.15) is 9.61 Å². The number of aromatic amines is 1. The second-order valence-electron chi connectivity index (χ2n) is 8.61. The van der Waals surface area contributed by atoms with Crippen LogP contribution in [0.2, 0.25) is 0 Å². The normalized spacial score (nSPS) is 14.3. The van der Waals surface area contributed by atoms with Crippen molar-refractivity contribution in [2.45, 2.75) is 46.2 Å². The Kier molecular flexibility index (Phi) is 4.33. The Morgan fingerprint density at radius 1 is 1.34 bits per heavy atom. The highest BCUT2D eigenvalue weighted by Crippen LogP contribution is 2.25. The topological polar surface area (TPSA) is 121 Å². The summed E-state index contributed by atoms with van der Waals surface area (Å²) >= 11 is 0. The van der Waals surface area contributed by atoms with Gasteiger partial charge in [-0.1, -0.05) is 20.8 Å². The highest BCUT2D eigenvalue weighted by atomic mass is 16.3. The van der Waals surface area contributed by atoms with E-state index >= 15 is 0 Å². The van der Waals surface area contributed by atoms with Gasteiger partial charge in [0.1, 0.15) is 11.3 Å². The molecule has 0 saturated heterocycles. The highest BCUT2D eigenvalue weighted by molar-refractivity contribution is 5.96. The number of hydrogen-bond donors (Lipinski definition) is 3. The van der Waals surface area contributed by atoms with Crippen molar-refractivity contribution in [1.82, 2.24) is 24.5 Å². The molecule has 1 aliphatic rings. The summed E-state index contributed by atoms with van der Waals surface area (Å²) in [7, 11) is 0. The van der Waals surface area contributed by atoms with Crippen LogP contribution in [0.5, 0.6) is 5.88 Å². The quantitative estimate of drug-likeness (QED) is 0.616. The van der Waals surface area contributed by atoms with Crippen LogP contribution >= 0.6 is 0 Å². The SMILES string of the molecule is CC(C)(C)Cn1c(=O)c(C(=O)NC2CC2)c(O)n2nc(-c3ccc[nH]c3=O)cc12. The van der Waals surface area contributed by atoms with Crippen molar-refractivity contribution in [2.75, 3.05) is 0 Å². The first-order valence-corrected chi connectivity index (χ1v) is 9.50. The van der Waals surface area contributed by atoms with Gasteiger partial charge in [0, 0.05) is 24.8 Å². The van der Waals surface area contributed by atoms with Crippen molar-refractivity contribution in [3.05, 3.63) is 50.7 Å². The number of aromatic nitrogens is 4. The molecule has 9 heteroatoms. The number of aromatic hydroxyl groups is 1. The fourth-order valence-electron chi connectivity index (χ4n) is 3.23. The van der Waals surface area contributed by atoms with Crippen LogP contribution in [-0.2, 0) is 6.54 Å². The van der Waals surface area contributed by atoms with E-state index in [1.807, 2.05) is 20.8 Å². The van der Waals surface area contributed by atoms with E-state index in [2.05, 4.69) is 15.4 Å². The molecule has 1 amide bonds. The van der Waals surface area contributed by atoms with Crippen LogP contribution in [0, 0.1) is 5.41 Å². The molecule has 9 nitrogen and oxygen atoms in total. The van der Waals surface area contributed by atoms with E-state index in [9.17, 15) is 19.5 Å². The molecule has 0 aliphatic heterocycles. The van der Waals surface area contributed by atoms with Crippen molar-refractivity contribution in [3.63, 3.8) is 0 Å². The molecule has 152 valence electrons. The minimum Gasteiger partial charge on any atom is -0.492 e. The summed E-state index contributed by atoms with van der Waals surface area (Å²) in [6.07, 6.45) is 3.22. The molecule has 0 atom stereocenters. The zero-order valence-electron chi connectivity index (χ0n) is 16.5. The Morgan fingerprint density at radius 2 is 2.07 bits per heavy atom. The lowest BCUT2D eigenvalue weighted by molar-refractivity contribution is 0.0944. The van der Waals surface area contributed by atoms with Gasteiger partial charge in [0.25, 0.3) is 17.0 Å². The zero-order chi connectivity index (χ0) is 20.9. The molecule has 0 aromatic carbocycles. The maximum atomic E-state index is 13.2. The van der Waals surface area contributed by atoms with Gasteiger partial charge in [-0.3, -0.25) is 19.0 Å². The van der Waals surface area contributed by atoms with Gasteiger partial charge in [0.15, 0.2) is 5.56 Å². The summed E-state index contributed by atoms with van der Waals surface area (Å²) in [4.78, 5) is 40.6.